The van der Waals surface area contributed by atoms with Crippen molar-refractivity contribution in [1.82, 2.24) is 10.2 Å². The van der Waals surface area contributed by atoms with Crippen LogP contribution in [0.3, 0.4) is 0 Å². The summed E-state index contributed by atoms with van der Waals surface area (Å²) in [5, 5.41) is 15.0. The second-order valence-electron chi connectivity index (χ2n) is 6.44. The molecule has 2 aliphatic heterocycles. The normalized spacial score (nSPS) is 22.6. The average molecular weight is 319 g/mol. The lowest BCUT2D eigenvalue weighted by atomic mass is 9.76. The summed E-state index contributed by atoms with van der Waals surface area (Å²) in [7, 11) is 0. The van der Waals surface area contributed by atoms with E-state index in [0.29, 0.717) is 17.4 Å². The van der Waals surface area contributed by atoms with E-state index in [0.717, 1.165) is 44.6 Å². The molecule has 7 nitrogen and oxygen atoms in total. The first-order valence-electron chi connectivity index (χ1n) is 8.27. The number of fused-ring (bicyclic) bond motifs is 1. The Morgan fingerprint density at radius 2 is 1.91 bits per heavy atom. The minimum Gasteiger partial charge on any atom is -0.454 e. The van der Waals surface area contributed by atoms with E-state index < -0.39 is 0 Å². The van der Waals surface area contributed by atoms with E-state index in [1.807, 2.05) is 6.07 Å². The monoisotopic (exact) mass is 319 g/mol. The average Bonchev–Trinajstić information content (AvgIpc) is 2.97. The van der Waals surface area contributed by atoms with E-state index in [9.17, 15) is 10.1 Å². The zero-order valence-electron chi connectivity index (χ0n) is 13.0. The Kier molecular flexibility index (Phi) is 3.82. The van der Waals surface area contributed by atoms with E-state index in [-0.39, 0.29) is 23.4 Å². The Morgan fingerprint density at radius 1 is 1.22 bits per heavy atom. The molecule has 0 bridgehead atoms. The minimum absolute atomic E-state index is 0.0979. The van der Waals surface area contributed by atoms with Crippen LogP contribution >= 0.6 is 0 Å². The van der Waals surface area contributed by atoms with Crippen LogP contribution in [0.2, 0.25) is 0 Å². The highest BCUT2D eigenvalue weighted by molar-refractivity contribution is 5.56. The topological polar surface area (TPSA) is 76.9 Å². The number of nitro groups is 1. The quantitative estimate of drug-likeness (QED) is 0.676. The summed E-state index contributed by atoms with van der Waals surface area (Å²) in [5.41, 5.74) is 0.940. The van der Waals surface area contributed by atoms with Crippen molar-refractivity contribution in [1.29, 1.82) is 0 Å². The number of piperazine rings is 1. The largest absolute Gasteiger partial charge is 0.454 e. The summed E-state index contributed by atoms with van der Waals surface area (Å²) in [4.78, 5) is 13.7. The first-order chi connectivity index (χ1) is 11.2. The van der Waals surface area contributed by atoms with E-state index in [2.05, 4.69) is 10.2 Å². The highest BCUT2D eigenvalue weighted by atomic mass is 16.7. The van der Waals surface area contributed by atoms with Gasteiger partial charge in [0.1, 0.15) is 0 Å². The Bertz CT molecular complexity index is 612. The maximum absolute atomic E-state index is 11.6. The summed E-state index contributed by atoms with van der Waals surface area (Å²) in [6.45, 7) is 3.85. The Balaban J connectivity index is 1.76. The highest BCUT2D eigenvalue weighted by Gasteiger charge is 2.38. The van der Waals surface area contributed by atoms with Gasteiger partial charge in [-0.25, -0.2) is 0 Å². The molecule has 4 rings (SSSR count). The summed E-state index contributed by atoms with van der Waals surface area (Å²) < 4.78 is 10.8. The van der Waals surface area contributed by atoms with Crippen molar-refractivity contribution < 1.29 is 14.4 Å². The van der Waals surface area contributed by atoms with Crippen LogP contribution < -0.4 is 14.8 Å². The second-order valence-corrected chi connectivity index (χ2v) is 6.44. The molecule has 1 aromatic rings. The molecule has 1 atom stereocenters. The zero-order valence-corrected chi connectivity index (χ0v) is 13.0. The van der Waals surface area contributed by atoms with Crippen LogP contribution in [0.1, 0.15) is 30.9 Å². The lowest BCUT2D eigenvalue weighted by Crippen LogP contribution is -2.48. The number of nitrogens with one attached hydrogen (secondary N) is 1. The number of hydrogen-bond donors (Lipinski definition) is 1. The fourth-order valence-corrected chi connectivity index (χ4v) is 3.81. The van der Waals surface area contributed by atoms with Crippen LogP contribution in [0, 0.1) is 16.0 Å². The highest BCUT2D eigenvalue weighted by Crippen LogP contribution is 2.47. The third-order valence-electron chi connectivity index (χ3n) is 5.18. The van der Waals surface area contributed by atoms with Crippen LogP contribution in [0.4, 0.5) is 5.69 Å². The molecule has 1 aliphatic carbocycles. The van der Waals surface area contributed by atoms with E-state index >= 15 is 0 Å². The predicted molar refractivity (Wildman–Crippen MR) is 83.7 cm³/mol. The molecule has 0 spiro atoms. The third kappa shape index (κ3) is 2.64. The number of rotatable bonds is 4. The molecule has 1 N–H and O–H groups in total. The third-order valence-corrected chi connectivity index (χ3v) is 5.18. The molecule has 2 heterocycles. The first-order valence-corrected chi connectivity index (χ1v) is 8.27. The maximum atomic E-state index is 11.6. The van der Waals surface area contributed by atoms with Gasteiger partial charge < -0.3 is 14.8 Å². The van der Waals surface area contributed by atoms with Gasteiger partial charge in [0.15, 0.2) is 11.5 Å². The first kappa shape index (κ1) is 14.7. The summed E-state index contributed by atoms with van der Waals surface area (Å²) in [6, 6.07) is 3.47. The smallest absolute Gasteiger partial charge is 0.278 e. The number of nitrogens with zero attached hydrogens (tertiary/aromatic N) is 2. The Morgan fingerprint density at radius 3 is 2.52 bits per heavy atom. The van der Waals surface area contributed by atoms with Gasteiger partial charge >= 0.3 is 0 Å². The van der Waals surface area contributed by atoms with Gasteiger partial charge in [-0.05, 0) is 24.8 Å². The fourth-order valence-electron chi connectivity index (χ4n) is 3.81. The Hall–Kier alpha value is -1.86. The number of benzene rings is 1. The van der Waals surface area contributed by atoms with Gasteiger partial charge in [-0.3, -0.25) is 15.0 Å². The molecule has 1 saturated carbocycles. The molecule has 2 fully saturated rings. The Labute approximate surface area is 134 Å². The van der Waals surface area contributed by atoms with Crippen molar-refractivity contribution in [2.75, 3.05) is 33.0 Å². The molecule has 23 heavy (non-hydrogen) atoms. The van der Waals surface area contributed by atoms with Gasteiger partial charge in [-0.15, -0.1) is 0 Å². The fraction of sp³-hybridized carbons (Fsp3) is 0.625. The molecule has 1 aromatic carbocycles. The molecule has 1 saturated heterocycles. The number of ether oxygens (including phenoxy) is 2. The standard InChI is InChI=1S/C16H21N3O4/c20-19(21)13-9-15-14(22-10-23-15)8-12(13)16(11-2-1-3-11)18-6-4-17-5-7-18/h8-9,11,16-17H,1-7,10H2/t16-/m0/s1. The van der Waals surface area contributed by atoms with Gasteiger partial charge in [0.2, 0.25) is 6.79 Å². The lowest BCUT2D eigenvalue weighted by Gasteiger charge is -2.43. The van der Waals surface area contributed by atoms with Gasteiger partial charge in [-0.1, -0.05) is 6.42 Å². The molecule has 0 radical (unpaired) electrons. The van der Waals surface area contributed by atoms with Crippen LogP contribution in [0.5, 0.6) is 11.5 Å². The lowest BCUT2D eigenvalue weighted by molar-refractivity contribution is -0.386. The number of nitro benzene ring substituents is 1. The summed E-state index contributed by atoms with van der Waals surface area (Å²) >= 11 is 0. The van der Waals surface area contributed by atoms with Gasteiger partial charge in [-0.2, -0.15) is 0 Å². The predicted octanol–water partition coefficient (Wildman–Crippen LogP) is 2.07. The van der Waals surface area contributed by atoms with Crippen LogP contribution in [-0.2, 0) is 0 Å². The van der Waals surface area contributed by atoms with E-state index in [4.69, 9.17) is 9.47 Å². The van der Waals surface area contributed by atoms with Crippen molar-refractivity contribution in [3.05, 3.63) is 27.8 Å². The van der Waals surface area contributed by atoms with Gasteiger partial charge in [0, 0.05) is 32.2 Å². The summed E-state index contributed by atoms with van der Waals surface area (Å²) in [5.74, 6) is 1.60. The van der Waals surface area contributed by atoms with Crippen LogP contribution in [0.15, 0.2) is 12.1 Å². The number of hydrogen-bond acceptors (Lipinski definition) is 6. The van der Waals surface area contributed by atoms with Crippen molar-refractivity contribution in [2.45, 2.75) is 25.3 Å². The zero-order chi connectivity index (χ0) is 15.8. The molecule has 0 aromatic heterocycles. The van der Waals surface area contributed by atoms with E-state index in [1.165, 1.54) is 12.5 Å². The van der Waals surface area contributed by atoms with Gasteiger partial charge in [0.05, 0.1) is 16.6 Å². The van der Waals surface area contributed by atoms with E-state index in [1.54, 1.807) is 0 Å². The second kappa shape index (κ2) is 5.98. The molecule has 0 amide bonds. The molecular weight excluding hydrogens is 298 g/mol. The van der Waals surface area contributed by atoms with Crippen molar-refractivity contribution >= 4 is 5.69 Å². The maximum Gasteiger partial charge on any atom is 0.278 e. The minimum atomic E-state index is -0.287. The SMILES string of the molecule is O=[N+]([O-])c1cc2c(cc1[C@H](C1CCC1)N1CCNCC1)OCO2. The summed E-state index contributed by atoms with van der Waals surface area (Å²) in [6.07, 6.45) is 3.49. The molecule has 0 unspecified atom stereocenters. The van der Waals surface area contributed by atoms with Crippen molar-refractivity contribution in [3.63, 3.8) is 0 Å². The van der Waals surface area contributed by atoms with Crippen LogP contribution in [-0.4, -0.2) is 42.8 Å². The van der Waals surface area contributed by atoms with Crippen molar-refractivity contribution in [2.24, 2.45) is 5.92 Å². The van der Waals surface area contributed by atoms with Crippen LogP contribution in [0.25, 0.3) is 0 Å². The van der Waals surface area contributed by atoms with Gasteiger partial charge in [0.25, 0.3) is 5.69 Å². The van der Waals surface area contributed by atoms with Crippen molar-refractivity contribution in [3.8, 4) is 11.5 Å². The molecule has 7 heteroatoms. The molecule has 124 valence electrons. The molecule has 3 aliphatic rings. The molecular formula is C16H21N3O4.